The molecule has 6 heteroatoms. The van der Waals surface area contributed by atoms with Gasteiger partial charge in [0.2, 0.25) is 5.91 Å². The zero-order valence-electron chi connectivity index (χ0n) is 16.7. The Morgan fingerprint density at radius 2 is 1.93 bits per heavy atom. The SMILES string of the molecule is O=C(NC1CCNCC1(F)F)C12CC3C[C@](c4ccccc4)(C1)C[C@@]2(CCF)C3. The van der Waals surface area contributed by atoms with Crippen LogP contribution in [-0.2, 0) is 10.2 Å². The molecule has 1 aliphatic heterocycles. The number of halogens is 3. The zero-order valence-corrected chi connectivity index (χ0v) is 16.7. The van der Waals surface area contributed by atoms with E-state index in [0.717, 1.165) is 19.3 Å². The Morgan fingerprint density at radius 3 is 2.66 bits per heavy atom. The Balaban J connectivity index is 1.50. The van der Waals surface area contributed by atoms with Gasteiger partial charge in [-0.1, -0.05) is 30.3 Å². The van der Waals surface area contributed by atoms with Gasteiger partial charge in [-0.05, 0) is 73.8 Å². The molecule has 5 atom stereocenters. The molecule has 0 spiro atoms. The minimum atomic E-state index is -2.95. The monoisotopic (exact) mass is 406 g/mol. The van der Waals surface area contributed by atoms with Crippen LogP contribution in [0.25, 0.3) is 0 Å². The molecule has 3 nitrogen and oxygen atoms in total. The van der Waals surface area contributed by atoms with E-state index in [2.05, 4.69) is 22.8 Å². The Labute approximate surface area is 169 Å². The van der Waals surface area contributed by atoms with E-state index in [9.17, 15) is 18.0 Å². The average molecular weight is 406 g/mol. The number of rotatable bonds is 5. The van der Waals surface area contributed by atoms with Crippen molar-refractivity contribution >= 4 is 5.91 Å². The normalized spacial score (nSPS) is 42.2. The minimum Gasteiger partial charge on any atom is -0.347 e. The molecule has 0 aromatic heterocycles. The zero-order chi connectivity index (χ0) is 20.3. The molecule has 4 bridgehead atoms. The number of hydrogen-bond acceptors (Lipinski definition) is 2. The fraction of sp³-hybridized carbons (Fsp3) is 0.696. The first-order valence-corrected chi connectivity index (χ1v) is 10.9. The summed E-state index contributed by atoms with van der Waals surface area (Å²) in [6.07, 6.45) is 4.60. The molecular formula is C23H29F3N2O. The van der Waals surface area contributed by atoms with Crippen molar-refractivity contribution in [2.75, 3.05) is 19.8 Å². The number of alkyl halides is 3. The van der Waals surface area contributed by atoms with Crippen molar-refractivity contribution in [2.24, 2.45) is 16.7 Å². The van der Waals surface area contributed by atoms with E-state index < -0.39 is 36.0 Å². The lowest BCUT2D eigenvalue weighted by molar-refractivity contribution is -0.142. The number of nitrogens with one attached hydrogen (secondary N) is 2. The third-order valence-electron chi connectivity index (χ3n) is 8.51. The number of benzene rings is 1. The van der Waals surface area contributed by atoms with Crippen LogP contribution in [0.2, 0.25) is 0 Å². The first kappa shape index (κ1) is 19.4. The fourth-order valence-electron chi connectivity index (χ4n) is 7.61. The number of carbonyl (C=O) groups is 1. The second kappa shape index (κ2) is 6.47. The summed E-state index contributed by atoms with van der Waals surface area (Å²) in [6.45, 7) is -0.396. The summed E-state index contributed by atoms with van der Waals surface area (Å²) in [6, 6.07) is 9.10. The molecule has 0 radical (unpaired) electrons. The third kappa shape index (κ3) is 2.70. The van der Waals surface area contributed by atoms with E-state index in [4.69, 9.17) is 0 Å². The van der Waals surface area contributed by atoms with Gasteiger partial charge in [0.15, 0.2) is 0 Å². The summed E-state index contributed by atoms with van der Waals surface area (Å²) in [5.74, 6) is -2.84. The summed E-state index contributed by atoms with van der Waals surface area (Å²) in [5, 5.41) is 5.47. The second-order valence-electron chi connectivity index (χ2n) is 10.0. The molecule has 5 aliphatic rings. The van der Waals surface area contributed by atoms with Crippen LogP contribution in [0.4, 0.5) is 13.2 Å². The lowest BCUT2D eigenvalue weighted by Crippen LogP contribution is -2.60. The van der Waals surface area contributed by atoms with Crippen molar-refractivity contribution in [3.63, 3.8) is 0 Å². The van der Waals surface area contributed by atoms with Crippen LogP contribution in [0, 0.1) is 16.7 Å². The molecular weight excluding hydrogens is 377 g/mol. The van der Waals surface area contributed by atoms with E-state index >= 15 is 0 Å². The van der Waals surface area contributed by atoms with Crippen molar-refractivity contribution in [1.29, 1.82) is 0 Å². The van der Waals surface area contributed by atoms with E-state index in [0.29, 0.717) is 31.7 Å². The second-order valence-corrected chi connectivity index (χ2v) is 10.0. The van der Waals surface area contributed by atoms with E-state index in [1.165, 1.54) is 5.56 Å². The van der Waals surface area contributed by atoms with Crippen LogP contribution in [0.15, 0.2) is 30.3 Å². The highest BCUT2D eigenvalue weighted by molar-refractivity contribution is 5.86. The molecule has 1 amide bonds. The van der Waals surface area contributed by atoms with Crippen molar-refractivity contribution in [2.45, 2.75) is 62.3 Å². The highest BCUT2D eigenvalue weighted by Crippen LogP contribution is 2.77. The first-order chi connectivity index (χ1) is 13.8. The van der Waals surface area contributed by atoms with Gasteiger partial charge in [0.05, 0.1) is 24.7 Å². The highest BCUT2D eigenvalue weighted by atomic mass is 19.3. The van der Waals surface area contributed by atoms with Crippen molar-refractivity contribution in [1.82, 2.24) is 10.6 Å². The predicted molar refractivity (Wildman–Crippen MR) is 105 cm³/mol. The van der Waals surface area contributed by atoms with Gasteiger partial charge in [-0.2, -0.15) is 0 Å². The van der Waals surface area contributed by atoms with E-state index in [1.807, 2.05) is 18.2 Å². The van der Waals surface area contributed by atoms with Gasteiger partial charge < -0.3 is 10.6 Å². The molecule has 5 fully saturated rings. The molecule has 4 saturated carbocycles. The maximum absolute atomic E-state index is 14.4. The van der Waals surface area contributed by atoms with Crippen LogP contribution in [-0.4, -0.2) is 37.6 Å². The number of piperidine rings is 1. The Morgan fingerprint density at radius 1 is 1.14 bits per heavy atom. The number of hydrogen-bond donors (Lipinski definition) is 2. The van der Waals surface area contributed by atoms with Gasteiger partial charge >= 0.3 is 0 Å². The smallest absolute Gasteiger partial charge is 0.280 e. The maximum atomic E-state index is 14.4. The Kier molecular flexibility index (Phi) is 4.33. The largest absolute Gasteiger partial charge is 0.347 e. The topological polar surface area (TPSA) is 41.1 Å². The Hall–Kier alpha value is -1.56. The van der Waals surface area contributed by atoms with E-state index in [1.54, 1.807) is 0 Å². The molecule has 1 saturated heterocycles. The molecule has 1 heterocycles. The summed E-state index contributed by atoms with van der Waals surface area (Å²) >= 11 is 0. The summed E-state index contributed by atoms with van der Waals surface area (Å²) in [4.78, 5) is 13.6. The fourth-order valence-corrected chi connectivity index (χ4v) is 7.61. The Bertz CT molecular complexity index is 803. The van der Waals surface area contributed by atoms with Gasteiger partial charge in [0.1, 0.15) is 0 Å². The molecule has 4 aliphatic carbocycles. The lowest BCUT2D eigenvalue weighted by Gasteiger charge is -2.42. The van der Waals surface area contributed by atoms with Crippen molar-refractivity contribution in [3.8, 4) is 0 Å². The molecule has 1 aromatic rings. The van der Waals surface area contributed by atoms with Crippen LogP contribution in [0.5, 0.6) is 0 Å². The number of amides is 1. The van der Waals surface area contributed by atoms with Crippen LogP contribution < -0.4 is 10.6 Å². The van der Waals surface area contributed by atoms with Crippen LogP contribution in [0.1, 0.15) is 50.5 Å². The van der Waals surface area contributed by atoms with Gasteiger partial charge in [-0.3, -0.25) is 9.18 Å². The van der Waals surface area contributed by atoms with Gasteiger partial charge in [0, 0.05) is 0 Å². The summed E-state index contributed by atoms with van der Waals surface area (Å²) in [5.41, 5.74) is -0.0496. The molecule has 2 N–H and O–H groups in total. The van der Waals surface area contributed by atoms with Gasteiger partial charge in [-0.25, -0.2) is 8.78 Å². The van der Waals surface area contributed by atoms with Crippen molar-refractivity contribution < 1.29 is 18.0 Å². The first-order valence-electron chi connectivity index (χ1n) is 10.9. The molecule has 6 rings (SSSR count). The molecule has 1 aromatic carbocycles. The lowest BCUT2D eigenvalue weighted by atomic mass is 9.63. The summed E-state index contributed by atoms with van der Waals surface area (Å²) in [7, 11) is 0. The molecule has 3 unspecified atom stereocenters. The average Bonchev–Trinajstić information content (AvgIpc) is 3.03. The molecule has 158 valence electrons. The predicted octanol–water partition coefficient (Wildman–Crippen LogP) is 3.98. The molecule has 29 heavy (non-hydrogen) atoms. The summed E-state index contributed by atoms with van der Waals surface area (Å²) < 4.78 is 42.5. The van der Waals surface area contributed by atoms with E-state index in [-0.39, 0.29) is 17.7 Å². The van der Waals surface area contributed by atoms with Crippen LogP contribution in [0.3, 0.4) is 0 Å². The van der Waals surface area contributed by atoms with Gasteiger partial charge in [0.25, 0.3) is 5.92 Å². The quantitative estimate of drug-likeness (QED) is 0.777. The van der Waals surface area contributed by atoms with Gasteiger partial charge in [-0.15, -0.1) is 0 Å². The standard InChI is InChI=1S/C23H29F3N2O/c24-8-7-21-11-16-10-20(13-21,17-4-2-1-3-5-17)14-22(21,12-16)19(29)28-18-6-9-27-15-23(18,25)26/h1-5,16,18,27H,6-15H2,(H,28,29)/t16?,18?,20-,21-,22?/m1/s1. The maximum Gasteiger partial charge on any atom is 0.280 e. The van der Waals surface area contributed by atoms with Crippen LogP contribution >= 0.6 is 0 Å². The van der Waals surface area contributed by atoms with Crippen molar-refractivity contribution in [3.05, 3.63) is 35.9 Å². The third-order valence-corrected chi connectivity index (χ3v) is 8.51. The highest BCUT2D eigenvalue weighted by Gasteiger charge is 2.74. The minimum absolute atomic E-state index is 0.133. The number of carbonyl (C=O) groups excluding carboxylic acids is 1.